The fourth-order valence-corrected chi connectivity index (χ4v) is 4.81. The van der Waals surface area contributed by atoms with Crippen LogP contribution in [0.1, 0.15) is 81.6 Å². The molecule has 0 saturated heterocycles. The number of rotatable bonds is 30. The third kappa shape index (κ3) is 26.5. The first-order chi connectivity index (χ1) is 27.9. The Hall–Kier alpha value is -4.54. The smallest absolute Gasteiger partial charge is 0.308 e. The summed E-state index contributed by atoms with van der Waals surface area (Å²) in [6, 6.07) is 3.30. The van der Waals surface area contributed by atoms with Gasteiger partial charge in [-0.2, -0.15) is 0 Å². The van der Waals surface area contributed by atoms with Gasteiger partial charge in [-0.3, -0.25) is 39.4 Å². The average molecular weight is 861 g/mol. The fourth-order valence-electron chi connectivity index (χ4n) is 4.81. The molecule has 21 heteroatoms. The lowest BCUT2D eigenvalue weighted by Gasteiger charge is -2.34. The number of nitro benzene ring substituents is 2. The second-order valence-electron chi connectivity index (χ2n) is 16.4. The van der Waals surface area contributed by atoms with Crippen molar-refractivity contribution in [2.45, 2.75) is 104 Å². The molecule has 342 valence electrons. The molecular formula is C39H64N4O17. The second kappa shape index (κ2) is 26.6. The maximum absolute atomic E-state index is 13.2. The number of nitro groups is 2. The largest absolute Gasteiger partial charge is 0.460 e. The summed E-state index contributed by atoms with van der Waals surface area (Å²) < 4.78 is 50.0. The van der Waals surface area contributed by atoms with E-state index in [9.17, 15) is 39.4 Å². The van der Waals surface area contributed by atoms with Crippen LogP contribution in [0.2, 0.25) is 0 Å². The summed E-state index contributed by atoms with van der Waals surface area (Å²) in [7, 11) is 0. The van der Waals surface area contributed by atoms with Crippen LogP contribution < -0.4 is 10.6 Å². The van der Waals surface area contributed by atoms with E-state index in [2.05, 4.69) is 10.6 Å². The number of benzene rings is 1. The van der Waals surface area contributed by atoms with Crippen molar-refractivity contribution >= 4 is 40.9 Å². The summed E-state index contributed by atoms with van der Waals surface area (Å²) in [5, 5.41) is 27.9. The first kappa shape index (κ1) is 53.5. The highest BCUT2D eigenvalue weighted by atomic mass is 16.6. The van der Waals surface area contributed by atoms with Crippen LogP contribution in [0.25, 0.3) is 0 Å². The maximum atomic E-state index is 13.2. The number of hydrogen-bond acceptors (Lipinski definition) is 18. The number of esters is 3. The molecule has 0 heterocycles. The van der Waals surface area contributed by atoms with Gasteiger partial charge in [-0.25, -0.2) is 0 Å². The molecule has 0 aromatic heterocycles. The van der Waals surface area contributed by atoms with Crippen molar-refractivity contribution < 1.29 is 71.7 Å². The SMILES string of the molecule is CC(C)(C)OC(=O)CCOCC(COCCC(=O)OC(C)(C)C)(COCCC(=O)OC(C)(C)C)NC(=O)COCCOCCOCCNc1ccc([N+](=O)[O-])cc1[N+](=O)[O-]. The minimum atomic E-state index is -1.36. The zero-order valence-corrected chi connectivity index (χ0v) is 36.4. The van der Waals surface area contributed by atoms with Crippen molar-refractivity contribution in [2.75, 3.05) is 91.1 Å². The molecule has 0 aliphatic rings. The molecule has 0 unspecified atom stereocenters. The molecule has 1 aromatic rings. The topological polar surface area (TPSA) is 262 Å². The summed E-state index contributed by atoms with van der Waals surface area (Å²) in [6.07, 6.45) is -0.213. The minimum absolute atomic E-state index is 0.0386. The highest BCUT2D eigenvalue weighted by Gasteiger charge is 2.34. The minimum Gasteiger partial charge on any atom is -0.460 e. The molecule has 60 heavy (non-hydrogen) atoms. The van der Waals surface area contributed by atoms with Gasteiger partial charge in [0, 0.05) is 12.6 Å². The third-order valence-corrected chi connectivity index (χ3v) is 7.08. The number of ether oxygens (including phenoxy) is 9. The molecule has 21 nitrogen and oxygen atoms in total. The van der Waals surface area contributed by atoms with E-state index in [-0.39, 0.29) is 104 Å². The quantitative estimate of drug-likeness (QED) is 0.0363. The summed E-state index contributed by atoms with van der Waals surface area (Å²) in [6.45, 7) is 15.4. The summed E-state index contributed by atoms with van der Waals surface area (Å²) >= 11 is 0. The van der Waals surface area contributed by atoms with Crippen LogP contribution in [0, 0.1) is 20.2 Å². The van der Waals surface area contributed by atoms with Gasteiger partial charge in [-0.15, -0.1) is 0 Å². The Balaban J connectivity index is 2.76. The monoisotopic (exact) mass is 860 g/mol. The summed E-state index contributed by atoms with van der Waals surface area (Å²) in [5.41, 5.74) is -4.14. The van der Waals surface area contributed by atoms with Crippen molar-refractivity contribution in [1.29, 1.82) is 0 Å². The number of nitrogens with zero attached hydrogens (tertiary/aromatic N) is 2. The molecule has 0 bridgehead atoms. The van der Waals surface area contributed by atoms with E-state index in [1.54, 1.807) is 62.3 Å². The van der Waals surface area contributed by atoms with Crippen molar-refractivity contribution in [3.63, 3.8) is 0 Å². The molecular weight excluding hydrogens is 796 g/mol. The lowest BCUT2D eigenvalue weighted by Crippen LogP contribution is -2.59. The molecule has 1 aromatic carbocycles. The van der Waals surface area contributed by atoms with E-state index in [0.717, 1.165) is 12.1 Å². The lowest BCUT2D eigenvalue weighted by atomic mass is 10.0. The molecule has 0 spiro atoms. The summed E-state index contributed by atoms with van der Waals surface area (Å²) in [4.78, 5) is 70.9. The third-order valence-electron chi connectivity index (χ3n) is 7.08. The van der Waals surface area contributed by atoms with Gasteiger partial charge >= 0.3 is 17.9 Å². The maximum Gasteiger partial charge on any atom is 0.308 e. The van der Waals surface area contributed by atoms with E-state index in [1.165, 1.54) is 6.07 Å². The molecule has 0 saturated carbocycles. The van der Waals surface area contributed by atoms with Gasteiger partial charge in [0.1, 0.15) is 34.6 Å². The van der Waals surface area contributed by atoms with Gasteiger partial charge in [-0.05, 0) is 68.4 Å². The van der Waals surface area contributed by atoms with Gasteiger partial charge in [0.25, 0.3) is 11.4 Å². The van der Waals surface area contributed by atoms with Crippen LogP contribution in [0.15, 0.2) is 18.2 Å². The number of hydrogen-bond donors (Lipinski definition) is 2. The average Bonchev–Trinajstić information content (AvgIpc) is 3.10. The number of carbonyl (C=O) groups excluding carboxylic acids is 4. The molecule has 1 amide bonds. The van der Waals surface area contributed by atoms with E-state index in [4.69, 9.17) is 42.6 Å². The lowest BCUT2D eigenvalue weighted by molar-refractivity contribution is -0.393. The Morgan fingerprint density at radius 3 is 1.38 bits per heavy atom. The van der Waals surface area contributed by atoms with E-state index < -0.39 is 74.0 Å². The fraction of sp³-hybridized carbons (Fsp3) is 0.744. The second-order valence-corrected chi connectivity index (χ2v) is 16.4. The van der Waals surface area contributed by atoms with Crippen LogP contribution in [0.4, 0.5) is 17.1 Å². The summed E-state index contributed by atoms with van der Waals surface area (Å²) in [5.74, 6) is -2.01. The first-order valence-corrected chi connectivity index (χ1v) is 19.5. The number of carbonyl (C=O) groups is 4. The first-order valence-electron chi connectivity index (χ1n) is 19.5. The van der Waals surface area contributed by atoms with Crippen molar-refractivity contribution in [3.05, 3.63) is 38.4 Å². The van der Waals surface area contributed by atoms with E-state index in [0.29, 0.717) is 0 Å². The zero-order valence-electron chi connectivity index (χ0n) is 36.4. The Morgan fingerprint density at radius 1 is 0.567 bits per heavy atom. The Labute approximate surface area is 351 Å². The number of non-ortho nitro benzene ring substituents is 1. The molecule has 0 fully saturated rings. The van der Waals surface area contributed by atoms with Crippen molar-refractivity contribution in [3.8, 4) is 0 Å². The van der Waals surface area contributed by atoms with Crippen LogP contribution in [-0.2, 0) is 61.8 Å². The molecule has 0 radical (unpaired) electrons. The standard InChI is InChI=1S/C39H64N4O17/c1-36(2,3)58-33(45)12-16-55-26-39(27-56-17-13-34(46)59-37(4,5)6,28-57-18-14-35(47)60-38(7,8)9)41-32(44)25-54-23-22-53-21-20-52-19-15-40-30-11-10-29(42(48)49)24-31(30)43(50)51/h10-11,24,40H,12-23,25-28H2,1-9H3,(H,41,44). The normalized spacial score (nSPS) is 12.1. The predicted octanol–water partition coefficient (Wildman–Crippen LogP) is 4.06. The van der Waals surface area contributed by atoms with Gasteiger partial charge in [0.2, 0.25) is 5.91 Å². The van der Waals surface area contributed by atoms with Crippen LogP contribution in [0.3, 0.4) is 0 Å². The Morgan fingerprint density at radius 2 is 0.983 bits per heavy atom. The van der Waals surface area contributed by atoms with Crippen LogP contribution >= 0.6 is 0 Å². The number of amides is 1. The number of nitrogens with one attached hydrogen (secondary N) is 2. The van der Waals surface area contributed by atoms with Gasteiger partial charge in [0.15, 0.2) is 0 Å². The number of anilines is 1. The molecule has 2 N–H and O–H groups in total. The van der Waals surface area contributed by atoms with Crippen molar-refractivity contribution in [2.24, 2.45) is 0 Å². The zero-order chi connectivity index (χ0) is 45.4. The Kier molecular flexibility index (Phi) is 23.7. The molecule has 0 aliphatic carbocycles. The van der Waals surface area contributed by atoms with Gasteiger partial charge < -0.3 is 53.3 Å². The molecule has 0 aliphatic heterocycles. The van der Waals surface area contributed by atoms with Gasteiger partial charge in [0.05, 0.1) is 108 Å². The highest BCUT2D eigenvalue weighted by Crippen LogP contribution is 2.28. The highest BCUT2D eigenvalue weighted by molar-refractivity contribution is 5.78. The van der Waals surface area contributed by atoms with Crippen LogP contribution in [0.5, 0.6) is 0 Å². The Bertz CT molecular complexity index is 1430. The predicted molar refractivity (Wildman–Crippen MR) is 215 cm³/mol. The van der Waals surface area contributed by atoms with E-state index >= 15 is 0 Å². The molecule has 1 rings (SSSR count). The van der Waals surface area contributed by atoms with Crippen molar-refractivity contribution in [1.82, 2.24) is 5.32 Å². The van der Waals surface area contributed by atoms with E-state index in [1.807, 2.05) is 0 Å². The van der Waals surface area contributed by atoms with Crippen LogP contribution in [-0.4, -0.2) is 142 Å². The molecule has 0 atom stereocenters. The van der Waals surface area contributed by atoms with Gasteiger partial charge in [-0.1, -0.05) is 0 Å².